The van der Waals surface area contributed by atoms with Crippen molar-refractivity contribution in [1.82, 2.24) is 9.88 Å². The largest absolute Gasteiger partial charge is 0.339 e. The van der Waals surface area contributed by atoms with E-state index < -0.39 is 0 Å². The van der Waals surface area contributed by atoms with Gasteiger partial charge in [-0.25, -0.2) is 4.98 Å². The third-order valence-corrected chi connectivity index (χ3v) is 2.49. The van der Waals surface area contributed by atoms with Crippen LogP contribution in [0.15, 0.2) is 5.38 Å². The van der Waals surface area contributed by atoms with Gasteiger partial charge in [-0.05, 0) is 6.92 Å². The second kappa shape index (κ2) is 4.34. The van der Waals surface area contributed by atoms with Crippen molar-refractivity contribution >= 4 is 17.2 Å². The predicted octanol–water partition coefficient (Wildman–Crippen LogP) is 0.369. The Labute approximate surface area is 81.4 Å². The van der Waals surface area contributed by atoms with Crippen LogP contribution in [0.1, 0.15) is 10.7 Å². The molecule has 0 aliphatic rings. The fraction of sp³-hybridized carbons (Fsp3) is 0.500. The zero-order chi connectivity index (χ0) is 9.84. The van der Waals surface area contributed by atoms with E-state index in [1.807, 2.05) is 12.3 Å². The lowest BCUT2D eigenvalue weighted by Crippen LogP contribution is -2.32. The average molecular weight is 199 g/mol. The summed E-state index contributed by atoms with van der Waals surface area (Å²) in [5, 5.41) is 2.97. The fourth-order valence-electron chi connectivity index (χ4n) is 0.968. The van der Waals surface area contributed by atoms with Crippen LogP contribution in [0.5, 0.6) is 0 Å². The maximum Gasteiger partial charge on any atom is 0.236 e. The van der Waals surface area contributed by atoms with Crippen LogP contribution >= 0.6 is 11.3 Å². The molecule has 1 aromatic heterocycles. The van der Waals surface area contributed by atoms with E-state index in [-0.39, 0.29) is 12.5 Å². The highest BCUT2D eigenvalue weighted by Gasteiger charge is 2.08. The second-order valence-corrected chi connectivity index (χ2v) is 3.87. The Morgan fingerprint density at radius 2 is 2.46 bits per heavy atom. The molecule has 0 saturated heterocycles. The molecule has 72 valence electrons. The molecule has 0 atom stereocenters. The molecule has 13 heavy (non-hydrogen) atoms. The van der Waals surface area contributed by atoms with Crippen LogP contribution < -0.4 is 5.73 Å². The number of aryl methyl sites for hydroxylation is 1. The Bertz CT molecular complexity index is 297. The van der Waals surface area contributed by atoms with Gasteiger partial charge in [0.15, 0.2) is 0 Å². The van der Waals surface area contributed by atoms with Crippen molar-refractivity contribution in [3.05, 3.63) is 16.1 Å². The molecule has 0 aromatic carbocycles. The second-order valence-electron chi connectivity index (χ2n) is 2.81. The summed E-state index contributed by atoms with van der Waals surface area (Å²) in [6.07, 6.45) is 0. The van der Waals surface area contributed by atoms with E-state index in [1.165, 1.54) is 0 Å². The molecule has 1 aromatic rings. The number of thiazole rings is 1. The summed E-state index contributed by atoms with van der Waals surface area (Å²) < 4.78 is 0. The monoisotopic (exact) mass is 199 g/mol. The minimum absolute atomic E-state index is 0.0552. The molecule has 0 bridgehead atoms. The number of rotatable bonds is 3. The highest BCUT2D eigenvalue weighted by atomic mass is 32.1. The lowest BCUT2D eigenvalue weighted by atomic mass is 10.4. The van der Waals surface area contributed by atoms with Crippen LogP contribution in [0.2, 0.25) is 0 Å². The van der Waals surface area contributed by atoms with E-state index in [2.05, 4.69) is 4.98 Å². The number of nitrogens with zero attached hydrogens (tertiary/aromatic N) is 2. The molecule has 0 aliphatic heterocycles. The molecule has 5 heteroatoms. The molecule has 1 rings (SSSR count). The molecular formula is C8H13N3OS. The molecule has 0 fully saturated rings. The smallest absolute Gasteiger partial charge is 0.236 e. The van der Waals surface area contributed by atoms with Gasteiger partial charge in [-0.3, -0.25) is 4.79 Å². The SMILES string of the molecule is Cc1nc(CN(C)C(=O)CN)cs1. The molecule has 0 unspecified atom stereocenters. The van der Waals surface area contributed by atoms with Crippen molar-refractivity contribution < 1.29 is 4.79 Å². The molecule has 0 saturated carbocycles. The van der Waals surface area contributed by atoms with E-state index in [0.717, 1.165) is 10.7 Å². The van der Waals surface area contributed by atoms with Crippen LogP contribution in [0.4, 0.5) is 0 Å². The standard InChI is InChI=1S/C8H13N3OS/c1-6-10-7(5-13-6)4-11(2)8(12)3-9/h5H,3-4,9H2,1-2H3. The van der Waals surface area contributed by atoms with E-state index in [0.29, 0.717) is 6.54 Å². The van der Waals surface area contributed by atoms with E-state index in [4.69, 9.17) is 5.73 Å². The number of likely N-dealkylation sites (N-methyl/N-ethyl adjacent to an activating group) is 1. The average Bonchev–Trinajstić information content (AvgIpc) is 2.49. The normalized spacial score (nSPS) is 10.1. The zero-order valence-electron chi connectivity index (χ0n) is 7.78. The van der Waals surface area contributed by atoms with E-state index in [9.17, 15) is 4.79 Å². The number of amides is 1. The van der Waals surface area contributed by atoms with Gasteiger partial charge in [0, 0.05) is 12.4 Å². The first-order valence-electron chi connectivity index (χ1n) is 3.98. The number of carbonyl (C=O) groups is 1. The Morgan fingerprint density at radius 1 is 1.77 bits per heavy atom. The van der Waals surface area contributed by atoms with Gasteiger partial charge in [0.2, 0.25) is 5.91 Å². The fourth-order valence-corrected chi connectivity index (χ4v) is 1.57. The number of hydrogen-bond donors (Lipinski definition) is 1. The summed E-state index contributed by atoms with van der Waals surface area (Å²) in [6, 6.07) is 0. The molecule has 0 aliphatic carbocycles. The van der Waals surface area contributed by atoms with E-state index in [1.54, 1.807) is 23.3 Å². The van der Waals surface area contributed by atoms with Gasteiger partial charge in [-0.1, -0.05) is 0 Å². The molecule has 0 radical (unpaired) electrons. The predicted molar refractivity (Wildman–Crippen MR) is 52.4 cm³/mol. The summed E-state index contributed by atoms with van der Waals surface area (Å²) in [5.41, 5.74) is 6.15. The molecule has 2 N–H and O–H groups in total. The van der Waals surface area contributed by atoms with Crippen molar-refractivity contribution in [2.45, 2.75) is 13.5 Å². The maximum atomic E-state index is 11.1. The van der Waals surface area contributed by atoms with E-state index >= 15 is 0 Å². The van der Waals surface area contributed by atoms with Crippen molar-refractivity contribution in [3.8, 4) is 0 Å². The third-order valence-electron chi connectivity index (χ3n) is 1.67. The quantitative estimate of drug-likeness (QED) is 0.765. The number of aromatic nitrogens is 1. The molecular weight excluding hydrogens is 186 g/mol. The molecule has 1 heterocycles. The van der Waals surface area contributed by atoms with Gasteiger partial charge in [-0.2, -0.15) is 0 Å². The van der Waals surface area contributed by atoms with Crippen molar-refractivity contribution in [2.75, 3.05) is 13.6 Å². The van der Waals surface area contributed by atoms with Gasteiger partial charge < -0.3 is 10.6 Å². The highest BCUT2D eigenvalue weighted by Crippen LogP contribution is 2.09. The maximum absolute atomic E-state index is 11.1. The molecule has 1 amide bonds. The first-order valence-corrected chi connectivity index (χ1v) is 4.86. The zero-order valence-corrected chi connectivity index (χ0v) is 8.60. The van der Waals surface area contributed by atoms with Crippen molar-refractivity contribution in [2.24, 2.45) is 5.73 Å². The lowest BCUT2D eigenvalue weighted by molar-refractivity contribution is -0.128. The molecule has 4 nitrogen and oxygen atoms in total. The summed E-state index contributed by atoms with van der Waals surface area (Å²) >= 11 is 1.59. The summed E-state index contributed by atoms with van der Waals surface area (Å²) in [7, 11) is 1.73. The Balaban J connectivity index is 2.54. The first-order chi connectivity index (χ1) is 6.13. The van der Waals surface area contributed by atoms with Gasteiger partial charge >= 0.3 is 0 Å². The third kappa shape index (κ3) is 2.78. The van der Waals surface area contributed by atoms with Crippen LogP contribution in [0.25, 0.3) is 0 Å². The Hall–Kier alpha value is -0.940. The summed E-state index contributed by atoms with van der Waals surface area (Å²) in [5.74, 6) is -0.0642. The van der Waals surface area contributed by atoms with Crippen LogP contribution in [-0.2, 0) is 11.3 Å². The van der Waals surface area contributed by atoms with Gasteiger partial charge in [0.25, 0.3) is 0 Å². The van der Waals surface area contributed by atoms with Gasteiger partial charge in [-0.15, -0.1) is 11.3 Å². The number of nitrogens with two attached hydrogens (primary N) is 1. The highest BCUT2D eigenvalue weighted by molar-refractivity contribution is 7.09. The van der Waals surface area contributed by atoms with Gasteiger partial charge in [0.1, 0.15) is 0 Å². The summed E-state index contributed by atoms with van der Waals surface area (Å²) in [4.78, 5) is 16.9. The minimum atomic E-state index is -0.0642. The van der Waals surface area contributed by atoms with Crippen LogP contribution in [0.3, 0.4) is 0 Å². The lowest BCUT2D eigenvalue weighted by Gasteiger charge is -2.13. The Kier molecular flexibility index (Phi) is 3.39. The van der Waals surface area contributed by atoms with Crippen molar-refractivity contribution in [3.63, 3.8) is 0 Å². The van der Waals surface area contributed by atoms with Gasteiger partial charge in [0.05, 0.1) is 23.8 Å². The summed E-state index contributed by atoms with van der Waals surface area (Å²) in [6.45, 7) is 2.54. The Morgan fingerprint density at radius 3 is 2.92 bits per heavy atom. The first kappa shape index (κ1) is 10.1. The number of carbonyl (C=O) groups excluding carboxylic acids is 1. The molecule has 0 spiro atoms. The van der Waals surface area contributed by atoms with Crippen molar-refractivity contribution in [1.29, 1.82) is 0 Å². The topological polar surface area (TPSA) is 59.2 Å². The van der Waals surface area contributed by atoms with Crippen LogP contribution in [-0.4, -0.2) is 29.4 Å². The number of hydrogen-bond acceptors (Lipinski definition) is 4. The minimum Gasteiger partial charge on any atom is -0.339 e. The van der Waals surface area contributed by atoms with Crippen LogP contribution in [0, 0.1) is 6.92 Å².